The van der Waals surface area contributed by atoms with Crippen LogP contribution in [0.4, 0.5) is 4.79 Å². The van der Waals surface area contributed by atoms with Gasteiger partial charge in [0.15, 0.2) is 0 Å². The van der Waals surface area contributed by atoms with Crippen LogP contribution in [0.3, 0.4) is 0 Å². The van der Waals surface area contributed by atoms with Gasteiger partial charge < -0.3 is 24.5 Å². The molecule has 2 N–H and O–H groups in total. The minimum absolute atomic E-state index is 0.260. The molecule has 174 valence electrons. The minimum atomic E-state index is -0.593. The number of hydrogen-bond acceptors (Lipinski definition) is 5. The molecule has 1 atom stereocenters. The van der Waals surface area contributed by atoms with E-state index in [9.17, 15) is 9.59 Å². The molecule has 0 aliphatic carbocycles. The first-order valence-electron chi connectivity index (χ1n) is 10.8. The maximum Gasteiger partial charge on any atom is 0.408 e. The second-order valence-corrected chi connectivity index (χ2v) is 8.64. The molecule has 3 aromatic rings. The third kappa shape index (κ3) is 7.42. The van der Waals surface area contributed by atoms with Crippen molar-refractivity contribution in [1.29, 1.82) is 0 Å². The number of esters is 1. The van der Waals surface area contributed by atoms with Crippen molar-refractivity contribution in [1.82, 2.24) is 10.3 Å². The third-order valence-corrected chi connectivity index (χ3v) is 4.81. The smallest absolute Gasteiger partial charge is 0.408 e. The van der Waals surface area contributed by atoms with Crippen LogP contribution >= 0.6 is 0 Å². The van der Waals surface area contributed by atoms with Gasteiger partial charge >= 0.3 is 12.1 Å². The van der Waals surface area contributed by atoms with Gasteiger partial charge in [0, 0.05) is 23.2 Å². The molecular weight excluding hydrogens is 420 g/mol. The van der Waals surface area contributed by atoms with Crippen LogP contribution in [-0.4, -0.2) is 42.4 Å². The highest BCUT2D eigenvalue weighted by Gasteiger charge is 2.21. The quantitative estimate of drug-likeness (QED) is 0.378. The summed E-state index contributed by atoms with van der Waals surface area (Å²) in [5.74, 6) is 0.240. The van der Waals surface area contributed by atoms with Crippen molar-refractivity contribution in [3.05, 3.63) is 71.9 Å². The summed E-state index contributed by atoms with van der Waals surface area (Å²) in [5, 5.41) is 4.04. The lowest BCUT2D eigenvalue weighted by Crippen LogP contribution is -2.43. The van der Waals surface area contributed by atoms with Crippen LogP contribution in [0.1, 0.15) is 31.9 Å². The Kier molecular flexibility index (Phi) is 7.77. The first kappa shape index (κ1) is 23.9. The van der Waals surface area contributed by atoms with Crippen molar-refractivity contribution >= 4 is 29.0 Å². The molecule has 2 aromatic carbocycles. The van der Waals surface area contributed by atoms with Crippen molar-refractivity contribution in [2.75, 3.05) is 13.7 Å². The van der Waals surface area contributed by atoms with Crippen LogP contribution in [0.25, 0.3) is 17.0 Å². The highest BCUT2D eigenvalue weighted by molar-refractivity contribution is 5.87. The molecule has 1 amide bonds. The topological polar surface area (TPSA) is 89.7 Å². The first-order valence-corrected chi connectivity index (χ1v) is 10.8. The number of methoxy groups -OCH3 is 1. The van der Waals surface area contributed by atoms with Crippen LogP contribution in [0, 0.1) is 0 Å². The van der Waals surface area contributed by atoms with E-state index >= 15 is 0 Å². The molecule has 1 aromatic heterocycles. The summed E-state index contributed by atoms with van der Waals surface area (Å²) in [5.41, 5.74) is 2.37. The van der Waals surface area contributed by atoms with Crippen molar-refractivity contribution in [2.24, 2.45) is 0 Å². The molecule has 0 aliphatic heterocycles. The van der Waals surface area contributed by atoms with Crippen molar-refractivity contribution < 1.29 is 23.8 Å². The molecular formula is C26H30N2O5. The first-order chi connectivity index (χ1) is 15.7. The second kappa shape index (κ2) is 10.7. The van der Waals surface area contributed by atoms with Crippen molar-refractivity contribution in [3.63, 3.8) is 0 Å². The highest BCUT2D eigenvalue weighted by atomic mass is 16.6. The third-order valence-electron chi connectivity index (χ3n) is 4.81. The number of fused-ring (bicyclic) bond motifs is 1. The van der Waals surface area contributed by atoms with Gasteiger partial charge in [0.25, 0.3) is 0 Å². The molecule has 0 saturated heterocycles. The number of rotatable bonds is 8. The fourth-order valence-electron chi connectivity index (χ4n) is 3.30. The largest absolute Gasteiger partial charge is 0.491 e. The van der Waals surface area contributed by atoms with Crippen LogP contribution < -0.4 is 10.1 Å². The number of hydrogen-bond donors (Lipinski definition) is 2. The molecule has 33 heavy (non-hydrogen) atoms. The summed E-state index contributed by atoms with van der Waals surface area (Å²) in [7, 11) is 1.33. The number of amides is 1. The number of aromatic amines is 1. The average Bonchev–Trinajstić information content (AvgIpc) is 3.18. The Balaban J connectivity index is 1.69. The number of alkyl carbamates (subject to hydrolysis) is 1. The lowest BCUT2D eigenvalue weighted by molar-refractivity contribution is -0.134. The molecule has 0 unspecified atom stereocenters. The van der Waals surface area contributed by atoms with Gasteiger partial charge in [-0.3, -0.25) is 0 Å². The number of H-pyrrole nitrogens is 1. The highest BCUT2D eigenvalue weighted by Crippen LogP contribution is 2.20. The number of carbonyl (C=O) groups is 2. The lowest BCUT2D eigenvalue weighted by atomic mass is 10.1. The summed E-state index contributed by atoms with van der Waals surface area (Å²) in [6, 6.07) is 15.0. The van der Waals surface area contributed by atoms with E-state index in [4.69, 9.17) is 9.47 Å². The Labute approximate surface area is 193 Å². The standard InChI is InChI=1S/C26H30N2O5/c1-26(2,3)33-25(30)28-20(15-19-16-27-23-8-6-5-7-22(19)23)17-32-21-12-9-18(10-13-21)11-14-24(29)31-4/h5-14,16,20,27H,15,17H2,1-4H3,(H,28,30)/b14-11+/t20-/m0/s1. The van der Waals surface area contributed by atoms with E-state index in [2.05, 4.69) is 15.0 Å². The average molecular weight is 451 g/mol. The summed E-state index contributed by atoms with van der Waals surface area (Å²) in [6.45, 7) is 5.74. The Bertz CT molecular complexity index is 1110. The molecule has 3 rings (SSSR count). The summed E-state index contributed by atoms with van der Waals surface area (Å²) >= 11 is 0. The van der Waals surface area contributed by atoms with Gasteiger partial charge in [-0.15, -0.1) is 0 Å². The maximum atomic E-state index is 12.4. The molecule has 0 spiro atoms. The Morgan fingerprint density at radius 2 is 1.82 bits per heavy atom. The van der Waals surface area contributed by atoms with Gasteiger partial charge in [-0.1, -0.05) is 30.3 Å². The van der Waals surface area contributed by atoms with E-state index in [0.29, 0.717) is 12.2 Å². The summed E-state index contributed by atoms with van der Waals surface area (Å²) in [6.07, 6.45) is 5.07. The van der Waals surface area contributed by atoms with E-state index in [1.807, 2.05) is 75.5 Å². The predicted octanol–water partition coefficient (Wildman–Crippen LogP) is 4.87. The molecule has 7 heteroatoms. The van der Waals surface area contributed by atoms with Crippen molar-refractivity contribution in [3.8, 4) is 5.75 Å². The number of para-hydroxylation sites is 1. The zero-order chi connectivity index (χ0) is 23.8. The van der Waals surface area contributed by atoms with Crippen LogP contribution in [0.15, 0.2) is 60.8 Å². The van der Waals surface area contributed by atoms with E-state index in [1.54, 1.807) is 6.08 Å². The van der Waals surface area contributed by atoms with Crippen molar-refractivity contribution in [2.45, 2.75) is 38.8 Å². The van der Waals surface area contributed by atoms with Gasteiger partial charge in [0.05, 0.1) is 13.2 Å². The van der Waals surface area contributed by atoms with Gasteiger partial charge in [0.1, 0.15) is 18.0 Å². The molecule has 0 radical (unpaired) electrons. The van der Waals surface area contributed by atoms with Crippen LogP contribution in [0.2, 0.25) is 0 Å². The van der Waals surface area contributed by atoms with E-state index < -0.39 is 17.7 Å². The number of nitrogens with one attached hydrogen (secondary N) is 2. The Morgan fingerprint density at radius 3 is 2.52 bits per heavy atom. The molecule has 0 saturated carbocycles. The molecule has 0 fully saturated rings. The van der Waals surface area contributed by atoms with E-state index in [1.165, 1.54) is 13.2 Å². The lowest BCUT2D eigenvalue weighted by Gasteiger charge is -2.24. The molecule has 1 heterocycles. The zero-order valence-corrected chi connectivity index (χ0v) is 19.4. The SMILES string of the molecule is COC(=O)/C=C/c1ccc(OC[C@H](Cc2c[nH]c3ccccc23)NC(=O)OC(C)(C)C)cc1. The molecule has 7 nitrogen and oxygen atoms in total. The normalized spacial score (nSPS) is 12.5. The minimum Gasteiger partial charge on any atom is -0.491 e. The number of carbonyl (C=O) groups excluding carboxylic acids is 2. The zero-order valence-electron chi connectivity index (χ0n) is 19.4. The second-order valence-electron chi connectivity index (χ2n) is 8.64. The molecule has 0 bridgehead atoms. The van der Waals surface area contributed by atoms with Crippen LogP contribution in [-0.2, 0) is 20.7 Å². The van der Waals surface area contributed by atoms with Gasteiger partial charge in [-0.05, 0) is 62.6 Å². The Hall–Kier alpha value is -3.74. The Morgan fingerprint density at radius 1 is 1.09 bits per heavy atom. The van der Waals surface area contributed by atoms with Gasteiger partial charge in [-0.25, -0.2) is 9.59 Å². The maximum absolute atomic E-state index is 12.4. The number of aromatic nitrogens is 1. The predicted molar refractivity (Wildman–Crippen MR) is 128 cm³/mol. The fraction of sp³-hybridized carbons (Fsp3) is 0.308. The summed E-state index contributed by atoms with van der Waals surface area (Å²) in [4.78, 5) is 26.9. The fourth-order valence-corrected chi connectivity index (χ4v) is 3.30. The van der Waals surface area contributed by atoms with E-state index in [0.717, 1.165) is 22.0 Å². The van der Waals surface area contributed by atoms with Gasteiger partial charge in [-0.2, -0.15) is 0 Å². The summed E-state index contributed by atoms with van der Waals surface area (Å²) < 4.78 is 16.0. The number of benzene rings is 2. The van der Waals surface area contributed by atoms with E-state index in [-0.39, 0.29) is 12.6 Å². The van der Waals surface area contributed by atoms with Crippen LogP contribution in [0.5, 0.6) is 5.75 Å². The number of ether oxygens (including phenoxy) is 3. The van der Waals surface area contributed by atoms with Gasteiger partial charge in [0.2, 0.25) is 0 Å². The molecule has 0 aliphatic rings. The monoisotopic (exact) mass is 450 g/mol.